The maximum Gasteiger partial charge on any atom is 0.294 e. The van der Waals surface area contributed by atoms with E-state index in [-0.39, 0.29) is 0 Å². The molecule has 0 aliphatic heterocycles. The lowest BCUT2D eigenvalue weighted by Gasteiger charge is -2.10. The molecule has 0 radical (unpaired) electrons. The van der Waals surface area contributed by atoms with Crippen molar-refractivity contribution < 1.29 is 9.09 Å². The highest BCUT2D eigenvalue weighted by Gasteiger charge is 2.19. The minimum Gasteiger partial charge on any atom is -0.317 e. The second-order valence-electron chi connectivity index (χ2n) is 3.07. The van der Waals surface area contributed by atoms with E-state index in [0.717, 1.165) is 12.0 Å². The molecule has 1 atom stereocenters. The molecule has 1 aromatic rings. The number of halogens is 1. The average molecular weight is 233 g/mol. The lowest BCUT2D eigenvalue weighted by molar-refractivity contribution is 0.323. The van der Waals surface area contributed by atoms with Crippen LogP contribution in [0.25, 0.3) is 0 Å². The Balaban J connectivity index is 2.55. The van der Waals surface area contributed by atoms with Gasteiger partial charge in [-0.25, -0.2) is 0 Å². The Morgan fingerprint density at radius 3 is 2.57 bits per heavy atom. The summed E-state index contributed by atoms with van der Waals surface area (Å²) in [7, 11) is 0. The van der Waals surface area contributed by atoms with E-state index < -0.39 is 6.72 Å². The lowest BCUT2D eigenvalue weighted by atomic mass is 10.2. The molecular formula is C10H14ClO2P. The van der Waals surface area contributed by atoms with Gasteiger partial charge in [0, 0.05) is 0 Å². The molecule has 0 aliphatic carbocycles. The minimum absolute atomic E-state index is 0.301. The van der Waals surface area contributed by atoms with Crippen molar-refractivity contribution in [1.82, 2.24) is 0 Å². The van der Waals surface area contributed by atoms with Crippen molar-refractivity contribution in [2.45, 2.75) is 19.5 Å². The summed E-state index contributed by atoms with van der Waals surface area (Å²) in [5.74, 6) is 0. The van der Waals surface area contributed by atoms with E-state index in [2.05, 4.69) is 0 Å². The summed E-state index contributed by atoms with van der Waals surface area (Å²) in [6.07, 6.45) is 1.13. The fourth-order valence-corrected chi connectivity index (χ4v) is 2.89. The predicted octanol–water partition coefficient (Wildman–Crippen LogP) is 4.05. The van der Waals surface area contributed by atoms with Gasteiger partial charge in [0.2, 0.25) is 0 Å². The predicted molar refractivity (Wildman–Crippen MR) is 59.8 cm³/mol. The van der Waals surface area contributed by atoms with Crippen LogP contribution in [-0.4, -0.2) is 6.61 Å². The molecule has 0 heterocycles. The summed E-state index contributed by atoms with van der Waals surface area (Å²) < 4.78 is 16.8. The maximum absolute atomic E-state index is 11.7. The highest BCUT2D eigenvalue weighted by molar-refractivity contribution is 7.84. The molecule has 1 unspecified atom stereocenters. The van der Waals surface area contributed by atoms with Gasteiger partial charge < -0.3 is 4.52 Å². The van der Waals surface area contributed by atoms with Crippen LogP contribution in [0, 0.1) is 0 Å². The average Bonchev–Trinajstić information content (AvgIpc) is 2.16. The highest BCUT2D eigenvalue weighted by atomic mass is 35.7. The molecule has 0 fully saturated rings. The highest BCUT2D eigenvalue weighted by Crippen LogP contribution is 2.55. The first-order valence-electron chi connectivity index (χ1n) is 4.61. The van der Waals surface area contributed by atoms with Gasteiger partial charge >= 0.3 is 0 Å². The van der Waals surface area contributed by atoms with Crippen molar-refractivity contribution in [3.63, 3.8) is 0 Å². The Morgan fingerprint density at radius 1 is 1.36 bits per heavy atom. The van der Waals surface area contributed by atoms with Crippen LogP contribution in [0.1, 0.15) is 18.9 Å². The third-order valence-corrected chi connectivity index (χ3v) is 3.66. The number of hydrogen-bond donors (Lipinski definition) is 0. The lowest BCUT2D eigenvalue weighted by Crippen LogP contribution is -1.90. The van der Waals surface area contributed by atoms with Crippen molar-refractivity contribution in [3.05, 3.63) is 35.9 Å². The van der Waals surface area contributed by atoms with Crippen LogP contribution in [0.3, 0.4) is 0 Å². The van der Waals surface area contributed by atoms with Crippen LogP contribution >= 0.6 is 18.0 Å². The number of hydrogen-bond acceptors (Lipinski definition) is 2. The molecule has 78 valence electrons. The zero-order valence-electron chi connectivity index (χ0n) is 8.15. The molecule has 0 amide bonds. The molecule has 0 bridgehead atoms. The molecule has 1 aromatic carbocycles. The van der Waals surface area contributed by atoms with Crippen molar-refractivity contribution in [3.8, 4) is 0 Å². The van der Waals surface area contributed by atoms with Gasteiger partial charge in [0.05, 0.1) is 12.8 Å². The Labute approximate surface area is 89.5 Å². The van der Waals surface area contributed by atoms with E-state index in [4.69, 9.17) is 15.8 Å². The van der Waals surface area contributed by atoms with E-state index in [1.54, 1.807) is 0 Å². The summed E-state index contributed by atoms with van der Waals surface area (Å²) >= 11 is 5.78. The van der Waals surface area contributed by atoms with Gasteiger partial charge in [0.25, 0.3) is 6.72 Å². The summed E-state index contributed by atoms with van der Waals surface area (Å²) in [4.78, 5) is 0. The summed E-state index contributed by atoms with van der Waals surface area (Å²) in [6, 6.07) is 9.49. The van der Waals surface area contributed by atoms with Gasteiger partial charge in [-0.15, -0.1) is 0 Å². The fraction of sp³-hybridized carbons (Fsp3) is 0.400. The standard InChI is InChI=1S/C10H14ClO2P/c1-2-8-13-14(11,12)9-10-6-4-3-5-7-10/h3-7H,2,8-9H2,1H3. The van der Waals surface area contributed by atoms with Crippen molar-refractivity contribution in [2.75, 3.05) is 6.61 Å². The topological polar surface area (TPSA) is 26.3 Å². The molecule has 14 heavy (non-hydrogen) atoms. The molecule has 0 saturated heterocycles. The summed E-state index contributed by atoms with van der Waals surface area (Å²) in [5, 5.41) is 0. The quantitative estimate of drug-likeness (QED) is 0.716. The van der Waals surface area contributed by atoms with Gasteiger partial charge in [-0.2, -0.15) is 0 Å². The third-order valence-electron chi connectivity index (χ3n) is 1.70. The molecular weight excluding hydrogens is 219 g/mol. The van der Waals surface area contributed by atoms with Crippen molar-refractivity contribution >= 4 is 18.0 Å². The summed E-state index contributed by atoms with van der Waals surface area (Å²) in [5.41, 5.74) is 0.946. The van der Waals surface area contributed by atoms with Gasteiger partial charge in [-0.05, 0) is 23.2 Å². The molecule has 0 saturated carbocycles. The monoisotopic (exact) mass is 232 g/mol. The normalized spacial score (nSPS) is 15.0. The second-order valence-corrected chi connectivity index (χ2v) is 6.37. The third kappa shape index (κ3) is 4.28. The number of benzene rings is 1. The first-order chi connectivity index (χ1) is 6.64. The van der Waals surface area contributed by atoms with E-state index in [9.17, 15) is 4.57 Å². The molecule has 0 N–H and O–H groups in total. The Hall–Kier alpha value is -0.300. The summed E-state index contributed by atoms with van der Waals surface area (Å²) in [6.45, 7) is -0.549. The van der Waals surface area contributed by atoms with E-state index >= 15 is 0 Å². The van der Waals surface area contributed by atoms with Crippen LogP contribution in [0.2, 0.25) is 0 Å². The van der Waals surface area contributed by atoms with E-state index in [0.29, 0.717) is 12.8 Å². The molecule has 0 aliphatic rings. The Bertz CT molecular complexity index is 313. The smallest absolute Gasteiger partial charge is 0.294 e. The fourth-order valence-electron chi connectivity index (χ4n) is 1.07. The van der Waals surface area contributed by atoms with E-state index in [1.807, 2.05) is 37.3 Å². The van der Waals surface area contributed by atoms with Crippen LogP contribution < -0.4 is 0 Å². The zero-order chi connectivity index (χ0) is 10.4. The van der Waals surface area contributed by atoms with Gasteiger partial charge in [-0.1, -0.05) is 37.3 Å². The van der Waals surface area contributed by atoms with Crippen LogP contribution in [-0.2, 0) is 15.3 Å². The molecule has 1 rings (SSSR count). The van der Waals surface area contributed by atoms with Gasteiger partial charge in [-0.3, -0.25) is 4.57 Å². The second kappa shape index (κ2) is 5.55. The Kier molecular flexibility index (Phi) is 4.67. The molecule has 0 spiro atoms. The van der Waals surface area contributed by atoms with Crippen molar-refractivity contribution in [1.29, 1.82) is 0 Å². The number of rotatable bonds is 5. The van der Waals surface area contributed by atoms with Gasteiger partial charge in [0.1, 0.15) is 0 Å². The van der Waals surface area contributed by atoms with Crippen LogP contribution in [0.5, 0.6) is 0 Å². The van der Waals surface area contributed by atoms with Crippen LogP contribution in [0.4, 0.5) is 0 Å². The molecule has 4 heteroatoms. The van der Waals surface area contributed by atoms with E-state index in [1.165, 1.54) is 0 Å². The molecule has 0 aromatic heterocycles. The first-order valence-corrected chi connectivity index (χ1v) is 7.33. The maximum atomic E-state index is 11.7. The largest absolute Gasteiger partial charge is 0.317 e. The molecule has 2 nitrogen and oxygen atoms in total. The van der Waals surface area contributed by atoms with Gasteiger partial charge in [0.15, 0.2) is 0 Å². The minimum atomic E-state index is -2.96. The SMILES string of the molecule is CCCOP(=O)(Cl)Cc1ccccc1. The Morgan fingerprint density at radius 2 is 2.00 bits per heavy atom. The van der Waals surface area contributed by atoms with Crippen molar-refractivity contribution in [2.24, 2.45) is 0 Å². The van der Waals surface area contributed by atoms with Crippen LogP contribution in [0.15, 0.2) is 30.3 Å². The first kappa shape index (κ1) is 11.8. The zero-order valence-corrected chi connectivity index (χ0v) is 9.80.